The van der Waals surface area contributed by atoms with Gasteiger partial charge in [0.2, 0.25) is 5.43 Å². The number of hydrogen-bond acceptors (Lipinski definition) is 4. The van der Waals surface area contributed by atoms with Crippen molar-refractivity contribution in [3.63, 3.8) is 0 Å². The Hall–Kier alpha value is -2.18. The SMILES string of the molecule is CCOC(=O)c1c(=O)c2ccc(Br)cc2n2c1sc1ccccc12. The van der Waals surface area contributed by atoms with Gasteiger partial charge in [-0.1, -0.05) is 28.1 Å². The molecule has 0 aliphatic heterocycles. The maximum absolute atomic E-state index is 12.9. The number of nitrogens with zero attached hydrogens (tertiary/aromatic N) is 1. The molecule has 24 heavy (non-hydrogen) atoms. The summed E-state index contributed by atoms with van der Waals surface area (Å²) in [5, 5.41) is 0.502. The highest BCUT2D eigenvalue weighted by Crippen LogP contribution is 2.32. The zero-order valence-electron chi connectivity index (χ0n) is 12.7. The molecule has 0 spiro atoms. The van der Waals surface area contributed by atoms with Crippen LogP contribution in [0.4, 0.5) is 0 Å². The number of esters is 1. The van der Waals surface area contributed by atoms with E-state index >= 15 is 0 Å². The van der Waals surface area contributed by atoms with Crippen LogP contribution in [0.25, 0.3) is 25.9 Å². The van der Waals surface area contributed by atoms with Crippen molar-refractivity contribution in [1.29, 1.82) is 0 Å². The van der Waals surface area contributed by atoms with E-state index in [4.69, 9.17) is 4.74 Å². The first-order valence-corrected chi connectivity index (χ1v) is 9.05. The summed E-state index contributed by atoms with van der Waals surface area (Å²) in [6, 6.07) is 13.3. The summed E-state index contributed by atoms with van der Waals surface area (Å²) in [7, 11) is 0. The molecule has 0 amide bonds. The number of para-hydroxylation sites is 1. The molecule has 4 aromatic rings. The number of fused-ring (bicyclic) bond motifs is 5. The van der Waals surface area contributed by atoms with Crippen LogP contribution in [0, 0.1) is 0 Å². The van der Waals surface area contributed by atoms with Crippen LogP contribution in [-0.2, 0) is 4.74 Å². The van der Waals surface area contributed by atoms with E-state index in [1.165, 1.54) is 11.3 Å². The molecule has 4 rings (SSSR count). The minimum Gasteiger partial charge on any atom is -0.462 e. The Morgan fingerprint density at radius 2 is 2.00 bits per heavy atom. The Morgan fingerprint density at radius 1 is 1.21 bits per heavy atom. The highest BCUT2D eigenvalue weighted by Gasteiger charge is 2.22. The molecule has 0 N–H and O–H groups in total. The highest BCUT2D eigenvalue weighted by atomic mass is 79.9. The van der Waals surface area contributed by atoms with Crippen LogP contribution in [0.15, 0.2) is 51.7 Å². The van der Waals surface area contributed by atoms with E-state index in [0.29, 0.717) is 10.2 Å². The second-order valence-corrected chi connectivity index (χ2v) is 7.24. The van der Waals surface area contributed by atoms with Gasteiger partial charge in [0.05, 0.1) is 22.3 Å². The fraction of sp³-hybridized carbons (Fsp3) is 0.111. The van der Waals surface area contributed by atoms with Gasteiger partial charge in [0, 0.05) is 9.86 Å². The summed E-state index contributed by atoms with van der Waals surface area (Å²) in [6.45, 7) is 1.96. The van der Waals surface area contributed by atoms with E-state index in [1.807, 2.05) is 34.7 Å². The Balaban J connectivity index is 2.30. The molecule has 0 saturated heterocycles. The molecule has 6 heteroatoms. The molecule has 2 aromatic heterocycles. The average molecular weight is 402 g/mol. The third kappa shape index (κ3) is 2.17. The third-order valence-electron chi connectivity index (χ3n) is 3.88. The van der Waals surface area contributed by atoms with Crippen molar-refractivity contribution in [3.05, 3.63) is 62.7 Å². The molecule has 0 saturated carbocycles. The summed E-state index contributed by atoms with van der Waals surface area (Å²) >= 11 is 4.89. The predicted molar refractivity (Wildman–Crippen MR) is 100 cm³/mol. The van der Waals surface area contributed by atoms with Crippen LogP contribution >= 0.6 is 27.3 Å². The quantitative estimate of drug-likeness (QED) is 0.460. The van der Waals surface area contributed by atoms with Gasteiger partial charge in [0.15, 0.2) is 0 Å². The first kappa shape index (κ1) is 15.4. The number of carbonyl (C=O) groups is 1. The summed E-state index contributed by atoms with van der Waals surface area (Å²) in [5.74, 6) is -0.573. The molecule has 4 nitrogen and oxygen atoms in total. The van der Waals surface area contributed by atoms with Crippen molar-refractivity contribution in [3.8, 4) is 0 Å². The zero-order valence-corrected chi connectivity index (χ0v) is 15.1. The maximum atomic E-state index is 12.9. The third-order valence-corrected chi connectivity index (χ3v) is 5.52. The lowest BCUT2D eigenvalue weighted by atomic mass is 10.1. The largest absolute Gasteiger partial charge is 0.462 e. The molecule has 2 heterocycles. The van der Waals surface area contributed by atoms with Gasteiger partial charge >= 0.3 is 5.97 Å². The molecule has 120 valence electrons. The normalized spacial score (nSPS) is 11.4. The number of rotatable bonds is 2. The molecule has 0 aliphatic carbocycles. The van der Waals surface area contributed by atoms with Gasteiger partial charge in [-0.05, 0) is 37.3 Å². The van der Waals surface area contributed by atoms with Crippen LogP contribution in [0.5, 0.6) is 0 Å². The Bertz CT molecular complexity index is 1180. The lowest BCUT2D eigenvalue weighted by molar-refractivity contribution is 0.0527. The molecule has 0 fully saturated rings. The van der Waals surface area contributed by atoms with Crippen molar-refractivity contribution < 1.29 is 9.53 Å². The first-order chi connectivity index (χ1) is 11.6. The van der Waals surface area contributed by atoms with Crippen molar-refractivity contribution >= 4 is 59.2 Å². The van der Waals surface area contributed by atoms with Crippen molar-refractivity contribution in [2.24, 2.45) is 0 Å². The van der Waals surface area contributed by atoms with Crippen LogP contribution in [0.1, 0.15) is 17.3 Å². The van der Waals surface area contributed by atoms with E-state index in [-0.39, 0.29) is 17.6 Å². The summed E-state index contributed by atoms with van der Waals surface area (Å²) in [6.07, 6.45) is 0. The second-order valence-electron chi connectivity index (χ2n) is 5.30. The van der Waals surface area contributed by atoms with Crippen molar-refractivity contribution in [2.45, 2.75) is 6.92 Å². The van der Waals surface area contributed by atoms with Gasteiger partial charge < -0.3 is 4.74 Å². The molecule has 0 aliphatic rings. The van der Waals surface area contributed by atoms with E-state index < -0.39 is 5.97 Å². The van der Waals surface area contributed by atoms with E-state index in [1.54, 1.807) is 19.1 Å². The fourth-order valence-electron chi connectivity index (χ4n) is 2.89. The molecular weight excluding hydrogens is 390 g/mol. The van der Waals surface area contributed by atoms with E-state index in [9.17, 15) is 9.59 Å². The van der Waals surface area contributed by atoms with Gasteiger partial charge in [-0.25, -0.2) is 4.79 Å². The molecule has 0 atom stereocenters. The van der Waals surface area contributed by atoms with Gasteiger partial charge in [0.25, 0.3) is 0 Å². The number of hydrogen-bond donors (Lipinski definition) is 0. The number of halogens is 1. The minimum absolute atomic E-state index is 0.105. The van der Waals surface area contributed by atoms with Gasteiger partial charge in [0.1, 0.15) is 10.4 Å². The number of pyridine rings is 1. The summed E-state index contributed by atoms with van der Waals surface area (Å²) in [4.78, 5) is 26.0. The summed E-state index contributed by atoms with van der Waals surface area (Å²) < 4.78 is 8.98. The van der Waals surface area contributed by atoms with Crippen LogP contribution in [0.3, 0.4) is 0 Å². The standard InChI is InChI=1S/C18H12BrNO3S/c1-2-23-18(22)15-16(21)11-8-7-10(19)9-13(11)20-12-5-3-4-6-14(12)24-17(15)20/h3-9H,2H2,1H3. The molecule has 2 aromatic carbocycles. The van der Waals surface area contributed by atoms with Crippen molar-refractivity contribution in [2.75, 3.05) is 6.61 Å². The minimum atomic E-state index is -0.573. The maximum Gasteiger partial charge on any atom is 0.345 e. The first-order valence-electron chi connectivity index (χ1n) is 7.44. The second kappa shape index (κ2) is 5.72. The van der Waals surface area contributed by atoms with Crippen molar-refractivity contribution in [1.82, 2.24) is 4.40 Å². The lowest BCUT2D eigenvalue weighted by Crippen LogP contribution is -2.19. The number of ether oxygens (including phenoxy) is 1. The lowest BCUT2D eigenvalue weighted by Gasteiger charge is -2.08. The zero-order chi connectivity index (χ0) is 16.8. The van der Waals surface area contributed by atoms with Crippen LogP contribution in [-0.4, -0.2) is 17.0 Å². The number of aromatic nitrogens is 1. The Morgan fingerprint density at radius 3 is 2.79 bits per heavy atom. The average Bonchev–Trinajstić information content (AvgIpc) is 2.94. The Labute approximate surface area is 149 Å². The van der Waals surface area contributed by atoms with Gasteiger partial charge in [-0.3, -0.25) is 9.20 Å². The van der Waals surface area contributed by atoms with Gasteiger partial charge in [-0.15, -0.1) is 11.3 Å². The topological polar surface area (TPSA) is 47.8 Å². The smallest absolute Gasteiger partial charge is 0.345 e. The molecule has 0 radical (unpaired) electrons. The molecular formula is C18H12BrNO3S. The van der Waals surface area contributed by atoms with Gasteiger partial charge in [-0.2, -0.15) is 0 Å². The van der Waals surface area contributed by atoms with E-state index in [2.05, 4.69) is 15.9 Å². The molecule has 0 unspecified atom stereocenters. The van der Waals surface area contributed by atoms with Crippen LogP contribution in [0.2, 0.25) is 0 Å². The monoisotopic (exact) mass is 401 g/mol. The Kier molecular flexibility index (Phi) is 3.66. The van der Waals surface area contributed by atoms with E-state index in [0.717, 1.165) is 20.2 Å². The molecule has 0 bridgehead atoms. The van der Waals surface area contributed by atoms with Crippen LogP contribution < -0.4 is 5.43 Å². The fourth-order valence-corrected chi connectivity index (χ4v) is 4.42. The number of carbonyl (C=O) groups excluding carboxylic acids is 1. The number of benzene rings is 2. The predicted octanol–water partition coefficient (Wildman–Crippen LogP) is 4.61. The highest BCUT2D eigenvalue weighted by molar-refractivity contribution is 9.10. The number of thiazole rings is 1. The summed E-state index contributed by atoms with van der Waals surface area (Å²) in [5.41, 5.74) is 1.55.